The number of rotatable bonds is 5. The molecule has 0 saturated carbocycles. The van der Waals surface area contributed by atoms with Crippen molar-refractivity contribution in [1.82, 2.24) is 10.1 Å². The molecule has 1 fully saturated rings. The summed E-state index contributed by atoms with van der Waals surface area (Å²) in [5.74, 6) is 1.91. The fraction of sp³-hybridized carbons (Fsp3) is 0.500. The second-order valence-electron chi connectivity index (χ2n) is 6.05. The molecule has 3 heteroatoms. The van der Waals surface area contributed by atoms with Crippen LogP contribution in [0.4, 0.5) is 0 Å². The lowest BCUT2D eigenvalue weighted by Gasteiger charge is -2.30. The highest BCUT2D eigenvalue weighted by Crippen LogP contribution is 2.24. The highest BCUT2D eigenvalue weighted by atomic mass is 16.5. The van der Waals surface area contributed by atoms with E-state index in [0.717, 1.165) is 29.5 Å². The highest BCUT2D eigenvalue weighted by molar-refractivity contribution is 5.58. The monoisotopic (exact) mass is 284 g/mol. The Morgan fingerprint density at radius 3 is 2.67 bits per heavy atom. The van der Waals surface area contributed by atoms with Crippen LogP contribution in [0.1, 0.15) is 38.4 Å². The average Bonchev–Trinajstić information content (AvgIpc) is 2.99. The van der Waals surface area contributed by atoms with Gasteiger partial charge in [-0.25, -0.2) is 0 Å². The van der Waals surface area contributed by atoms with Crippen LogP contribution in [0.5, 0.6) is 0 Å². The number of likely N-dealkylation sites (tertiary alicyclic amines) is 1. The van der Waals surface area contributed by atoms with Gasteiger partial charge in [-0.2, -0.15) is 0 Å². The normalized spacial score (nSPS) is 17.2. The number of piperidine rings is 1. The molecule has 3 rings (SSSR count). The zero-order valence-corrected chi connectivity index (χ0v) is 12.8. The first-order valence-corrected chi connectivity index (χ1v) is 8.08. The molecular weight excluding hydrogens is 260 g/mol. The van der Waals surface area contributed by atoms with Crippen LogP contribution in [0.25, 0.3) is 11.3 Å². The van der Waals surface area contributed by atoms with E-state index in [1.54, 1.807) is 0 Å². The summed E-state index contributed by atoms with van der Waals surface area (Å²) in [7, 11) is 0. The molecule has 0 bridgehead atoms. The zero-order valence-electron chi connectivity index (χ0n) is 12.8. The van der Waals surface area contributed by atoms with Crippen LogP contribution in [0.3, 0.4) is 0 Å². The maximum Gasteiger partial charge on any atom is 0.151 e. The van der Waals surface area contributed by atoms with Crippen molar-refractivity contribution in [2.45, 2.75) is 39.2 Å². The van der Waals surface area contributed by atoms with E-state index >= 15 is 0 Å². The largest absolute Gasteiger partial charge is 0.359 e. The summed E-state index contributed by atoms with van der Waals surface area (Å²) in [6, 6.07) is 12.3. The number of benzene rings is 1. The van der Waals surface area contributed by atoms with Crippen LogP contribution in [-0.2, 0) is 6.54 Å². The molecule has 0 radical (unpaired) electrons. The Hall–Kier alpha value is -1.61. The van der Waals surface area contributed by atoms with E-state index in [4.69, 9.17) is 4.52 Å². The first-order chi connectivity index (χ1) is 10.3. The predicted octanol–water partition coefficient (Wildman–Crippen LogP) is 4.35. The third-order valence-electron chi connectivity index (χ3n) is 4.41. The lowest BCUT2D eigenvalue weighted by molar-refractivity contribution is 0.157. The summed E-state index contributed by atoms with van der Waals surface area (Å²) in [5, 5.41) is 4.19. The van der Waals surface area contributed by atoms with Crippen molar-refractivity contribution in [3.05, 3.63) is 42.2 Å². The van der Waals surface area contributed by atoms with Crippen LogP contribution in [-0.4, -0.2) is 23.1 Å². The van der Waals surface area contributed by atoms with Crippen LogP contribution in [0.15, 0.2) is 40.9 Å². The molecule has 0 unspecified atom stereocenters. The number of nitrogens with zero attached hydrogens (tertiary/aromatic N) is 2. The van der Waals surface area contributed by atoms with E-state index in [1.165, 1.54) is 38.8 Å². The summed E-state index contributed by atoms with van der Waals surface area (Å²) in [4.78, 5) is 2.49. The minimum Gasteiger partial charge on any atom is -0.359 e. The Morgan fingerprint density at radius 2 is 1.95 bits per heavy atom. The molecule has 1 aliphatic rings. The average molecular weight is 284 g/mol. The van der Waals surface area contributed by atoms with Crippen molar-refractivity contribution < 1.29 is 4.52 Å². The Labute approximate surface area is 126 Å². The minimum atomic E-state index is 0.888. The fourth-order valence-corrected chi connectivity index (χ4v) is 3.19. The van der Waals surface area contributed by atoms with E-state index in [1.807, 2.05) is 18.2 Å². The van der Waals surface area contributed by atoms with E-state index < -0.39 is 0 Å². The molecule has 0 atom stereocenters. The summed E-state index contributed by atoms with van der Waals surface area (Å²) in [6.45, 7) is 5.54. The molecule has 1 aromatic carbocycles. The van der Waals surface area contributed by atoms with Gasteiger partial charge in [0.05, 0.1) is 6.54 Å². The molecule has 21 heavy (non-hydrogen) atoms. The molecule has 0 aliphatic carbocycles. The molecule has 2 aromatic rings. The van der Waals surface area contributed by atoms with Crippen LogP contribution in [0, 0.1) is 5.92 Å². The van der Waals surface area contributed by atoms with Crippen LogP contribution < -0.4 is 0 Å². The van der Waals surface area contributed by atoms with Crippen molar-refractivity contribution in [2.75, 3.05) is 13.1 Å². The Balaban J connectivity index is 1.56. The third-order valence-corrected chi connectivity index (χ3v) is 4.41. The smallest absolute Gasteiger partial charge is 0.151 e. The lowest BCUT2D eigenvalue weighted by Crippen LogP contribution is -2.33. The molecule has 3 nitrogen and oxygen atoms in total. The van der Waals surface area contributed by atoms with Crippen molar-refractivity contribution in [2.24, 2.45) is 5.92 Å². The molecule has 1 saturated heterocycles. The van der Waals surface area contributed by atoms with E-state index in [9.17, 15) is 0 Å². The maximum atomic E-state index is 5.50. The van der Waals surface area contributed by atoms with Gasteiger partial charge in [-0.3, -0.25) is 4.90 Å². The van der Waals surface area contributed by atoms with Crippen molar-refractivity contribution in [3.63, 3.8) is 0 Å². The van der Waals surface area contributed by atoms with Gasteiger partial charge in [0.1, 0.15) is 5.69 Å². The topological polar surface area (TPSA) is 29.3 Å². The van der Waals surface area contributed by atoms with Gasteiger partial charge in [-0.1, -0.05) is 55.3 Å². The molecule has 1 aromatic heterocycles. The summed E-state index contributed by atoms with van der Waals surface area (Å²) in [6.07, 6.45) is 5.35. The lowest BCUT2D eigenvalue weighted by atomic mass is 9.92. The standard InChI is InChI=1S/C18H24N2O/c1-2-6-15-9-11-20(12-10-15)14-17-13-18(19-21-17)16-7-4-3-5-8-16/h3-5,7-8,13,15H,2,6,9-12,14H2,1H3. The highest BCUT2D eigenvalue weighted by Gasteiger charge is 2.19. The number of hydrogen-bond donors (Lipinski definition) is 0. The minimum absolute atomic E-state index is 0.888. The van der Waals surface area contributed by atoms with Gasteiger partial charge in [-0.15, -0.1) is 0 Å². The van der Waals surface area contributed by atoms with Gasteiger partial charge in [-0.05, 0) is 31.8 Å². The van der Waals surface area contributed by atoms with E-state index in [2.05, 4.69) is 35.2 Å². The first kappa shape index (κ1) is 14.3. The zero-order chi connectivity index (χ0) is 14.5. The van der Waals surface area contributed by atoms with Gasteiger partial charge >= 0.3 is 0 Å². The molecular formula is C18H24N2O. The summed E-state index contributed by atoms with van der Waals surface area (Å²) >= 11 is 0. The quantitative estimate of drug-likeness (QED) is 0.817. The third kappa shape index (κ3) is 3.73. The van der Waals surface area contributed by atoms with Gasteiger partial charge in [0.25, 0.3) is 0 Å². The predicted molar refractivity (Wildman–Crippen MR) is 84.8 cm³/mol. The van der Waals surface area contributed by atoms with Crippen LogP contribution in [0.2, 0.25) is 0 Å². The van der Waals surface area contributed by atoms with Gasteiger partial charge in [0.2, 0.25) is 0 Å². The fourth-order valence-electron chi connectivity index (χ4n) is 3.19. The SMILES string of the molecule is CCCC1CCN(Cc2cc(-c3ccccc3)no2)CC1. The maximum absolute atomic E-state index is 5.50. The number of hydrogen-bond acceptors (Lipinski definition) is 3. The van der Waals surface area contributed by atoms with Gasteiger partial charge < -0.3 is 4.52 Å². The van der Waals surface area contributed by atoms with Gasteiger partial charge in [0.15, 0.2) is 5.76 Å². The van der Waals surface area contributed by atoms with E-state index in [-0.39, 0.29) is 0 Å². The first-order valence-electron chi connectivity index (χ1n) is 8.08. The molecule has 2 heterocycles. The second kappa shape index (κ2) is 6.90. The Bertz CT molecular complexity index is 541. The molecule has 1 aliphatic heterocycles. The van der Waals surface area contributed by atoms with Gasteiger partial charge in [0, 0.05) is 11.6 Å². The second-order valence-corrected chi connectivity index (χ2v) is 6.05. The van der Waals surface area contributed by atoms with Crippen molar-refractivity contribution in [3.8, 4) is 11.3 Å². The number of aromatic nitrogens is 1. The summed E-state index contributed by atoms with van der Waals surface area (Å²) in [5.41, 5.74) is 2.06. The Morgan fingerprint density at radius 1 is 1.19 bits per heavy atom. The molecule has 0 amide bonds. The summed E-state index contributed by atoms with van der Waals surface area (Å²) < 4.78 is 5.50. The van der Waals surface area contributed by atoms with E-state index in [0.29, 0.717) is 0 Å². The van der Waals surface area contributed by atoms with Crippen molar-refractivity contribution >= 4 is 0 Å². The molecule has 0 spiro atoms. The molecule has 112 valence electrons. The van der Waals surface area contributed by atoms with Crippen LogP contribution >= 0.6 is 0 Å². The van der Waals surface area contributed by atoms with Crippen molar-refractivity contribution in [1.29, 1.82) is 0 Å². The Kier molecular flexibility index (Phi) is 4.71. The molecule has 0 N–H and O–H groups in total.